The van der Waals surface area contributed by atoms with Gasteiger partial charge in [0.15, 0.2) is 11.6 Å². The van der Waals surface area contributed by atoms with Gasteiger partial charge in [0.25, 0.3) is 0 Å². The maximum absolute atomic E-state index is 5.76. The minimum atomic E-state index is 0.240. The molecule has 0 unspecified atom stereocenters. The molecule has 0 aliphatic heterocycles. The van der Waals surface area contributed by atoms with Crippen LogP contribution in [0, 0.1) is 6.92 Å². The van der Waals surface area contributed by atoms with Crippen LogP contribution in [0.15, 0.2) is 30.3 Å². The number of hydrogen-bond acceptors (Lipinski definition) is 5. The molecule has 1 heterocycles. The van der Waals surface area contributed by atoms with E-state index in [2.05, 4.69) is 15.3 Å². The van der Waals surface area contributed by atoms with Crippen molar-refractivity contribution in [1.29, 1.82) is 0 Å². The van der Waals surface area contributed by atoms with Gasteiger partial charge in [0.05, 0.1) is 5.69 Å². The average Bonchev–Trinajstić information content (AvgIpc) is 2.38. The highest BCUT2D eigenvalue weighted by Gasteiger charge is 2.10. The molecular weight excluding hydrogens is 228 g/mol. The van der Waals surface area contributed by atoms with Crippen LogP contribution >= 0.6 is 0 Å². The third-order valence-corrected chi connectivity index (χ3v) is 2.52. The fourth-order valence-electron chi connectivity index (χ4n) is 1.66. The fourth-order valence-corrected chi connectivity index (χ4v) is 1.66. The first-order valence-electron chi connectivity index (χ1n) is 5.69. The Bertz CT molecular complexity index is 528. The lowest BCUT2D eigenvalue weighted by Gasteiger charge is -2.12. The van der Waals surface area contributed by atoms with Crippen LogP contribution in [-0.4, -0.2) is 17.0 Å². The number of anilines is 2. The van der Waals surface area contributed by atoms with Crippen LogP contribution in [0.4, 0.5) is 11.8 Å². The normalized spacial score (nSPS) is 10.1. The van der Waals surface area contributed by atoms with E-state index >= 15 is 0 Å². The Morgan fingerprint density at radius 1 is 1.22 bits per heavy atom. The lowest BCUT2D eigenvalue weighted by molar-refractivity contribution is 0.303. The van der Waals surface area contributed by atoms with Crippen LogP contribution in [0.1, 0.15) is 11.3 Å². The van der Waals surface area contributed by atoms with Crippen molar-refractivity contribution in [3.63, 3.8) is 0 Å². The van der Waals surface area contributed by atoms with Crippen molar-refractivity contribution in [2.75, 3.05) is 18.1 Å². The van der Waals surface area contributed by atoms with E-state index in [4.69, 9.17) is 10.5 Å². The molecule has 18 heavy (non-hydrogen) atoms. The number of nitrogens with zero attached hydrogens (tertiary/aromatic N) is 2. The van der Waals surface area contributed by atoms with Crippen LogP contribution in [0.3, 0.4) is 0 Å². The molecule has 94 valence electrons. The standard InChI is InChI=1S/C13H16N4O/c1-9-11(12(15-2)17-13(14)16-9)18-8-10-6-4-3-5-7-10/h3-7H,8H2,1-2H3,(H3,14,15,16,17). The van der Waals surface area contributed by atoms with Crippen molar-refractivity contribution >= 4 is 11.8 Å². The Labute approximate surface area is 106 Å². The maximum atomic E-state index is 5.76. The molecule has 0 fully saturated rings. The van der Waals surface area contributed by atoms with E-state index in [0.29, 0.717) is 18.2 Å². The molecular formula is C13H16N4O. The summed E-state index contributed by atoms with van der Waals surface area (Å²) in [6.07, 6.45) is 0. The molecule has 1 aromatic carbocycles. The summed E-state index contributed by atoms with van der Waals surface area (Å²) in [4.78, 5) is 8.19. The van der Waals surface area contributed by atoms with Gasteiger partial charge in [-0.15, -0.1) is 0 Å². The third kappa shape index (κ3) is 2.68. The smallest absolute Gasteiger partial charge is 0.222 e. The predicted octanol–water partition coefficient (Wildman–Crippen LogP) is 1.99. The number of aromatic nitrogens is 2. The van der Waals surface area contributed by atoms with Gasteiger partial charge in [-0.1, -0.05) is 30.3 Å². The molecule has 0 spiro atoms. The van der Waals surface area contributed by atoms with Gasteiger partial charge in [0, 0.05) is 7.05 Å². The predicted molar refractivity (Wildman–Crippen MR) is 71.5 cm³/mol. The van der Waals surface area contributed by atoms with Gasteiger partial charge in [-0.05, 0) is 12.5 Å². The summed E-state index contributed by atoms with van der Waals surface area (Å²) >= 11 is 0. The second kappa shape index (κ2) is 5.35. The number of nitrogen functional groups attached to an aromatic ring is 1. The Kier molecular flexibility index (Phi) is 3.62. The van der Waals surface area contributed by atoms with Gasteiger partial charge in [0.2, 0.25) is 5.95 Å². The zero-order valence-corrected chi connectivity index (χ0v) is 10.5. The van der Waals surface area contributed by atoms with Crippen molar-refractivity contribution in [1.82, 2.24) is 9.97 Å². The number of ether oxygens (including phenoxy) is 1. The van der Waals surface area contributed by atoms with E-state index < -0.39 is 0 Å². The minimum absolute atomic E-state index is 0.240. The molecule has 5 nitrogen and oxygen atoms in total. The fraction of sp³-hybridized carbons (Fsp3) is 0.231. The topological polar surface area (TPSA) is 73.1 Å². The quantitative estimate of drug-likeness (QED) is 0.860. The van der Waals surface area contributed by atoms with E-state index in [1.54, 1.807) is 7.05 Å². The molecule has 2 aromatic rings. The van der Waals surface area contributed by atoms with Crippen LogP contribution in [0.2, 0.25) is 0 Å². The van der Waals surface area contributed by atoms with Crippen LogP contribution in [0.25, 0.3) is 0 Å². The highest BCUT2D eigenvalue weighted by molar-refractivity contribution is 5.54. The second-order valence-electron chi connectivity index (χ2n) is 3.87. The van der Waals surface area contributed by atoms with Crippen LogP contribution < -0.4 is 15.8 Å². The van der Waals surface area contributed by atoms with E-state index in [1.807, 2.05) is 37.3 Å². The van der Waals surface area contributed by atoms with Crippen molar-refractivity contribution in [2.24, 2.45) is 0 Å². The third-order valence-electron chi connectivity index (χ3n) is 2.52. The highest BCUT2D eigenvalue weighted by Crippen LogP contribution is 2.26. The minimum Gasteiger partial charge on any atom is -0.483 e. The van der Waals surface area contributed by atoms with Crippen molar-refractivity contribution < 1.29 is 4.74 Å². The van der Waals surface area contributed by atoms with Crippen molar-refractivity contribution in [2.45, 2.75) is 13.5 Å². The zero-order valence-electron chi connectivity index (χ0n) is 10.5. The molecule has 2 rings (SSSR count). The van der Waals surface area contributed by atoms with Gasteiger partial charge in [-0.25, -0.2) is 4.98 Å². The number of benzene rings is 1. The lowest BCUT2D eigenvalue weighted by Crippen LogP contribution is -2.07. The van der Waals surface area contributed by atoms with Crippen molar-refractivity contribution in [3.05, 3.63) is 41.6 Å². The molecule has 1 aromatic heterocycles. The molecule has 0 saturated heterocycles. The first kappa shape index (κ1) is 12.2. The molecule has 5 heteroatoms. The van der Waals surface area contributed by atoms with E-state index in [-0.39, 0.29) is 5.95 Å². The second-order valence-corrected chi connectivity index (χ2v) is 3.87. The van der Waals surface area contributed by atoms with Gasteiger partial charge in [-0.3, -0.25) is 0 Å². The summed E-state index contributed by atoms with van der Waals surface area (Å²) < 4.78 is 5.76. The number of rotatable bonds is 4. The van der Waals surface area contributed by atoms with E-state index in [0.717, 1.165) is 11.3 Å². The summed E-state index contributed by atoms with van der Waals surface area (Å²) in [7, 11) is 1.77. The number of aryl methyl sites for hydroxylation is 1. The molecule has 0 radical (unpaired) electrons. The Hall–Kier alpha value is -2.30. The Morgan fingerprint density at radius 2 is 1.94 bits per heavy atom. The Balaban J connectivity index is 2.19. The molecule has 0 saturated carbocycles. The molecule has 0 aliphatic carbocycles. The molecule has 0 aliphatic rings. The SMILES string of the molecule is CNc1nc(N)nc(C)c1OCc1ccccc1. The van der Waals surface area contributed by atoms with E-state index in [1.165, 1.54) is 0 Å². The van der Waals surface area contributed by atoms with Gasteiger partial charge < -0.3 is 15.8 Å². The van der Waals surface area contributed by atoms with E-state index in [9.17, 15) is 0 Å². The zero-order chi connectivity index (χ0) is 13.0. The van der Waals surface area contributed by atoms with Gasteiger partial charge >= 0.3 is 0 Å². The molecule has 0 bridgehead atoms. The summed E-state index contributed by atoms with van der Waals surface area (Å²) in [6.45, 7) is 2.32. The monoisotopic (exact) mass is 244 g/mol. The lowest BCUT2D eigenvalue weighted by atomic mass is 10.2. The number of nitrogens with one attached hydrogen (secondary N) is 1. The maximum Gasteiger partial charge on any atom is 0.222 e. The largest absolute Gasteiger partial charge is 0.483 e. The molecule has 0 atom stereocenters. The number of nitrogens with two attached hydrogens (primary N) is 1. The van der Waals surface area contributed by atoms with Crippen molar-refractivity contribution in [3.8, 4) is 5.75 Å². The van der Waals surface area contributed by atoms with Gasteiger partial charge in [-0.2, -0.15) is 4.98 Å². The first-order chi connectivity index (χ1) is 8.70. The average molecular weight is 244 g/mol. The summed E-state index contributed by atoms with van der Waals surface area (Å²) in [5.41, 5.74) is 7.41. The van der Waals surface area contributed by atoms with Gasteiger partial charge in [0.1, 0.15) is 6.61 Å². The summed E-state index contributed by atoms with van der Waals surface area (Å²) in [6, 6.07) is 9.94. The molecule has 0 amide bonds. The summed E-state index contributed by atoms with van der Waals surface area (Å²) in [5, 5.41) is 2.96. The highest BCUT2D eigenvalue weighted by atomic mass is 16.5. The Morgan fingerprint density at radius 3 is 2.61 bits per heavy atom. The first-order valence-corrected chi connectivity index (χ1v) is 5.69. The van der Waals surface area contributed by atoms with Crippen LogP contribution in [-0.2, 0) is 6.61 Å². The van der Waals surface area contributed by atoms with Crippen LogP contribution in [0.5, 0.6) is 5.75 Å². The number of hydrogen-bond donors (Lipinski definition) is 2. The molecule has 3 N–H and O–H groups in total. The summed E-state index contributed by atoms with van der Waals surface area (Å²) in [5.74, 6) is 1.48.